The van der Waals surface area contributed by atoms with Gasteiger partial charge in [-0.3, -0.25) is 14.8 Å². The van der Waals surface area contributed by atoms with Crippen LogP contribution in [0.5, 0.6) is 0 Å². The molecular weight excluding hydrogens is 212 g/mol. The Morgan fingerprint density at radius 2 is 2.50 bits per heavy atom. The molecule has 1 unspecified atom stereocenters. The van der Waals surface area contributed by atoms with Crippen molar-refractivity contribution >= 4 is 5.69 Å². The van der Waals surface area contributed by atoms with Crippen LogP contribution in [0.4, 0.5) is 5.69 Å². The lowest BCUT2D eigenvalue weighted by Gasteiger charge is -2.10. The van der Waals surface area contributed by atoms with Crippen molar-refractivity contribution in [1.82, 2.24) is 15.1 Å². The SMILES string of the molecule is CCCNCC(O)Cn1cc([N+](=O)[O-])cn1. The zero-order valence-corrected chi connectivity index (χ0v) is 9.17. The van der Waals surface area contributed by atoms with Gasteiger partial charge in [-0.1, -0.05) is 6.92 Å². The van der Waals surface area contributed by atoms with Crippen molar-refractivity contribution in [3.63, 3.8) is 0 Å². The van der Waals surface area contributed by atoms with Crippen LogP contribution in [0.15, 0.2) is 12.4 Å². The zero-order chi connectivity index (χ0) is 12.0. The molecule has 0 amide bonds. The van der Waals surface area contributed by atoms with Crippen LogP contribution in [-0.4, -0.2) is 39.0 Å². The highest BCUT2D eigenvalue weighted by atomic mass is 16.6. The highest BCUT2D eigenvalue weighted by Crippen LogP contribution is 2.07. The highest BCUT2D eigenvalue weighted by Gasteiger charge is 2.11. The van der Waals surface area contributed by atoms with E-state index in [4.69, 9.17) is 0 Å². The molecule has 1 aromatic heterocycles. The van der Waals surface area contributed by atoms with Gasteiger partial charge in [0.15, 0.2) is 0 Å². The van der Waals surface area contributed by atoms with E-state index in [9.17, 15) is 15.2 Å². The lowest BCUT2D eigenvalue weighted by molar-refractivity contribution is -0.385. The van der Waals surface area contributed by atoms with Crippen molar-refractivity contribution in [3.05, 3.63) is 22.5 Å². The van der Waals surface area contributed by atoms with Crippen molar-refractivity contribution in [2.45, 2.75) is 26.0 Å². The van der Waals surface area contributed by atoms with Crippen molar-refractivity contribution < 1.29 is 10.0 Å². The molecule has 0 aliphatic rings. The molecule has 0 spiro atoms. The van der Waals surface area contributed by atoms with Crippen molar-refractivity contribution in [1.29, 1.82) is 0 Å². The number of nitrogens with one attached hydrogen (secondary N) is 1. The summed E-state index contributed by atoms with van der Waals surface area (Å²) in [5.41, 5.74) is -0.0614. The predicted octanol–water partition coefficient (Wildman–Crippen LogP) is 0.152. The van der Waals surface area contributed by atoms with E-state index >= 15 is 0 Å². The Bertz CT molecular complexity index is 339. The zero-order valence-electron chi connectivity index (χ0n) is 9.17. The van der Waals surface area contributed by atoms with Gasteiger partial charge in [-0.2, -0.15) is 5.10 Å². The molecule has 0 fully saturated rings. The minimum Gasteiger partial charge on any atom is -0.390 e. The Labute approximate surface area is 93.2 Å². The molecule has 0 saturated heterocycles. The molecule has 1 aromatic rings. The molecule has 0 aliphatic heterocycles. The molecular formula is C9H16N4O3. The number of hydrogen-bond acceptors (Lipinski definition) is 5. The molecule has 1 heterocycles. The molecule has 2 N–H and O–H groups in total. The number of nitrogens with zero attached hydrogens (tertiary/aromatic N) is 3. The first-order chi connectivity index (χ1) is 7.63. The van der Waals surface area contributed by atoms with Gasteiger partial charge in [0, 0.05) is 6.54 Å². The molecule has 0 aromatic carbocycles. The largest absolute Gasteiger partial charge is 0.390 e. The van der Waals surface area contributed by atoms with Gasteiger partial charge in [0.25, 0.3) is 0 Å². The van der Waals surface area contributed by atoms with E-state index in [1.54, 1.807) is 0 Å². The van der Waals surface area contributed by atoms with Crippen molar-refractivity contribution in [2.24, 2.45) is 0 Å². The fraction of sp³-hybridized carbons (Fsp3) is 0.667. The topological polar surface area (TPSA) is 93.2 Å². The number of aromatic nitrogens is 2. The number of rotatable bonds is 7. The molecule has 0 aliphatic carbocycles. The summed E-state index contributed by atoms with van der Waals surface area (Å²) in [6, 6.07) is 0. The summed E-state index contributed by atoms with van der Waals surface area (Å²) in [5.74, 6) is 0. The Hall–Kier alpha value is -1.47. The van der Waals surface area contributed by atoms with Crippen molar-refractivity contribution in [3.8, 4) is 0 Å². The second-order valence-electron chi connectivity index (χ2n) is 3.54. The Balaban J connectivity index is 2.37. The summed E-state index contributed by atoms with van der Waals surface area (Å²) in [7, 11) is 0. The monoisotopic (exact) mass is 228 g/mol. The van der Waals surface area contributed by atoms with E-state index < -0.39 is 11.0 Å². The van der Waals surface area contributed by atoms with Gasteiger partial charge in [-0.25, -0.2) is 0 Å². The summed E-state index contributed by atoms with van der Waals surface area (Å²) in [6.45, 7) is 3.60. The van der Waals surface area contributed by atoms with Crippen molar-refractivity contribution in [2.75, 3.05) is 13.1 Å². The van der Waals surface area contributed by atoms with E-state index in [1.165, 1.54) is 17.1 Å². The highest BCUT2D eigenvalue weighted by molar-refractivity contribution is 5.20. The van der Waals surface area contributed by atoms with Gasteiger partial charge >= 0.3 is 5.69 Å². The first-order valence-electron chi connectivity index (χ1n) is 5.19. The van der Waals surface area contributed by atoms with Gasteiger partial charge in [-0.15, -0.1) is 0 Å². The maximum Gasteiger partial charge on any atom is 0.306 e. The summed E-state index contributed by atoms with van der Waals surface area (Å²) < 4.78 is 1.37. The lowest BCUT2D eigenvalue weighted by Crippen LogP contribution is -2.30. The second-order valence-corrected chi connectivity index (χ2v) is 3.54. The minimum absolute atomic E-state index is 0.0614. The minimum atomic E-state index is -0.592. The maximum atomic E-state index is 10.4. The molecule has 7 nitrogen and oxygen atoms in total. The van der Waals surface area contributed by atoms with Crippen LogP contribution in [0.3, 0.4) is 0 Å². The molecule has 90 valence electrons. The van der Waals surface area contributed by atoms with E-state index in [0.717, 1.165) is 13.0 Å². The predicted molar refractivity (Wildman–Crippen MR) is 58.0 cm³/mol. The first-order valence-corrected chi connectivity index (χ1v) is 5.19. The smallest absolute Gasteiger partial charge is 0.306 e. The van der Waals surface area contributed by atoms with Crippen LogP contribution in [-0.2, 0) is 6.54 Å². The van der Waals surface area contributed by atoms with Crippen LogP contribution in [0.1, 0.15) is 13.3 Å². The Morgan fingerprint density at radius 3 is 3.06 bits per heavy atom. The number of nitro groups is 1. The van der Waals surface area contributed by atoms with Gasteiger partial charge in [0.05, 0.1) is 17.6 Å². The molecule has 7 heteroatoms. The molecule has 0 radical (unpaired) electrons. The fourth-order valence-electron chi connectivity index (χ4n) is 1.27. The third kappa shape index (κ3) is 3.95. The van der Waals surface area contributed by atoms with Crippen LogP contribution in [0.2, 0.25) is 0 Å². The molecule has 0 saturated carbocycles. The van der Waals surface area contributed by atoms with Crippen LogP contribution >= 0.6 is 0 Å². The Morgan fingerprint density at radius 1 is 1.75 bits per heavy atom. The van der Waals surface area contributed by atoms with E-state index in [-0.39, 0.29) is 12.2 Å². The first kappa shape index (κ1) is 12.6. The normalized spacial score (nSPS) is 12.6. The molecule has 16 heavy (non-hydrogen) atoms. The van der Waals surface area contributed by atoms with Gasteiger partial charge < -0.3 is 10.4 Å². The summed E-state index contributed by atoms with van der Waals surface area (Å²) in [4.78, 5) is 9.88. The van der Waals surface area contributed by atoms with Crippen LogP contribution in [0.25, 0.3) is 0 Å². The van der Waals surface area contributed by atoms with Gasteiger partial charge in [-0.05, 0) is 13.0 Å². The van der Waals surface area contributed by atoms with Gasteiger partial charge in [0.2, 0.25) is 0 Å². The maximum absolute atomic E-state index is 10.4. The molecule has 1 atom stereocenters. The number of aliphatic hydroxyl groups excluding tert-OH is 1. The average Bonchev–Trinajstić information content (AvgIpc) is 2.66. The standard InChI is InChI=1S/C9H16N4O3/c1-2-3-10-5-9(14)7-12-6-8(4-11-12)13(15)16/h4,6,9-10,14H,2-3,5,7H2,1H3. The fourth-order valence-corrected chi connectivity index (χ4v) is 1.27. The quantitative estimate of drug-likeness (QED) is 0.393. The van der Waals surface area contributed by atoms with Gasteiger partial charge in [0.1, 0.15) is 12.4 Å². The van der Waals surface area contributed by atoms with E-state index in [2.05, 4.69) is 10.4 Å². The lowest BCUT2D eigenvalue weighted by atomic mass is 10.3. The average molecular weight is 228 g/mol. The summed E-state index contributed by atoms with van der Waals surface area (Å²) >= 11 is 0. The third-order valence-corrected chi connectivity index (χ3v) is 2.03. The summed E-state index contributed by atoms with van der Waals surface area (Å²) in [5, 5.41) is 26.8. The van der Waals surface area contributed by atoms with Crippen LogP contribution < -0.4 is 5.32 Å². The molecule has 0 bridgehead atoms. The number of aliphatic hydroxyl groups is 1. The second kappa shape index (κ2) is 6.19. The Kier molecular flexibility index (Phi) is 4.87. The molecule has 1 rings (SSSR count). The van der Waals surface area contributed by atoms with E-state index in [1.807, 2.05) is 6.92 Å². The summed E-state index contributed by atoms with van der Waals surface area (Å²) in [6.07, 6.45) is 2.89. The third-order valence-electron chi connectivity index (χ3n) is 2.03. The number of hydrogen-bond donors (Lipinski definition) is 2. The van der Waals surface area contributed by atoms with E-state index in [0.29, 0.717) is 6.54 Å². The van der Waals surface area contributed by atoms with Crippen LogP contribution in [0, 0.1) is 10.1 Å².